The molecule has 118 valence electrons. The van der Waals surface area contributed by atoms with Gasteiger partial charge in [0.1, 0.15) is 5.75 Å². The lowest BCUT2D eigenvalue weighted by molar-refractivity contribution is -0.130. The van der Waals surface area contributed by atoms with E-state index < -0.39 is 0 Å². The van der Waals surface area contributed by atoms with Crippen LogP contribution in [0.25, 0.3) is 0 Å². The summed E-state index contributed by atoms with van der Waals surface area (Å²) in [4.78, 5) is 23.7. The van der Waals surface area contributed by atoms with E-state index in [-0.39, 0.29) is 30.3 Å². The maximum absolute atomic E-state index is 12.0. The summed E-state index contributed by atoms with van der Waals surface area (Å²) in [7, 11) is 0. The molecule has 0 heterocycles. The van der Waals surface area contributed by atoms with Gasteiger partial charge in [0.15, 0.2) is 6.61 Å². The first-order valence-electron chi connectivity index (χ1n) is 7.55. The predicted molar refractivity (Wildman–Crippen MR) is 85.5 cm³/mol. The monoisotopic (exact) mass is 310 g/mol. The molecule has 0 aliphatic heterocycles. The number of ether oxygens (including phenoxy) is 1. The molecule has 2 aromatic carbocycles. The van der Waals surface area contributed by atoms with Crippen molar-refractivity contribution in [3.05, 3.63) is 66.2 Å². The minimum atomic E-state index is -0.390. The molecule has 5 nitrogen and oxygen atoms in total. The van der Waals surface area contributed by atoms with E-state index >= 15 is 0 Å². The predicted octanol–water partition coefficient (Wildman–Crippen LogP) is 2.02. The van der Waals surface area contributed by atoms with Crippen molar-refractivity contribution in [3.63, 3.8) is 0 Å². The number of amides is 2. The van der Waals surface area contributed by atoms with Crippen LogP contribution in [-0.4, -0.2) is 18.4 Å². The fourth-order valence-electron chi connectivity index (χ4n) is 2.48. The van der Waals surface area contributed by atoms with E-state index in [0.29, 0.717) is 5.75 Å². The molecule has 1 fully saturated rings. The number of benzene rings is 2. The fourth-order valence-corrected chi connectivity index (χ4v) is 2.48. The Bertz CT molecular complexity index is 673. The van der Waals surface area contributed by atoms with Crippen molar-refractivity contribution in [2.24, 2.45) is 5.92 Å². The van der Waals surface area contributed by atoms with Crippen molar-refractivity contribution in [2.45, 2.75) is 12.3 Å². The summed E-state index contributed by atoms with van der Waals surface area (Å²) >= 11 is 0. The molecule has 5 heteroatoms. The van der Waals surface area contributed by atoms with Gasteiger partial charge < -0.3 is 4.74 Å². The van der Waals surface area contributed by atoms with Gasteiger partial charge in [0.2, 0.25) is 5.91 Å². The van der Waals surface area contributed by atoms with Crippen LogP contribution in [-0.2, 0) is 9.59 Å². The van der Waals surface area contributed by atoms with E-state index in [2.05, 4.69) is 10.9 Å². The highest BCUT2D eigenvalue weighted by Crippen LogP contribution is 2.47. The minimum absolute atomic E-state index is 0.0762. The highest BCUT2D eigenvalue weighted by molar-refractivity contribution is 5.86. The smallest absolute Gasteiger partial charge is 0.276 e. The average Bonchev–Trinajstić information content (AvgIpc) is 3.40. The first-order chi connectivity index (χ1) is 11.2. The first kappa shape index (κ1) is 15.1. The molecule has 0 bridgehead atoms. The lowest BCUT2D eigenvalue weighted by Crippen LogP contribution is -2.44. The molecule has 0 radical (unpaired) electrons. The van der Waals surface area contributed by atoms with Crippen molar-refractivity contribution >= 4 is 11.8 Å². The summed E-state index contributed by atoms with van der Waals surface area (Å²) in [5.74, 6) is 0.229. The third-order valence-corrected chi connectivity index (χ3v) is 3.79. The Morgan fingerprint density at radius 3 is 2.30 bits per heavy atom. The molecule has 2 aromatic rings. The quantitative estimate of drug-likeness (QED) is 0.830. The van der Waals surface area contributed by atoms with E-state index in [1.165, 1.54) is 0 Å². The van der Waals surface area contributed by atoms with Crippen molar-refractivity contribution in [2.75, 3.05) is 6.61 Å². The zero-order chi connectivity index (χ0) is 16.1. The van der Waals surface area contributed by atoms with Gasteiger partial charge >= 0.3 is 0 Å². The second kappa shape index (κ2) is 6.96. The van der Waals surface area contributed by atoms with Crippen molar-refractivity contribution in [1.82, 2.24) is 10.9 Å². The zero-order valence-corrected chi connectivity index (χ0v) is 12.6. The van der Waals surface area contributed by atoms with Gasteiger partial charge in [-0.1, -0.05) is 48.5 Å². The molecule has 1 saturated carbocycles. The second-order valence-electron chi connectivity index (χ2n) is 5.50. The second-order valence-corrected chi connectivity index (χ2v) is 5.50. The summed E-state index contributed by atoms with van der Waals surface area (Å²) in [6.45, 7) is -0.142. The Kier molecular flexibility index (Phi) is 4.57. The summed E-state index contributed by atoms with van der Waals surface area (Å²) in [6, 6.07) is 19.0. The summed E-state index contributed by atoms with van der Waals surface area (Å²) in [5.41, 5.74) is 6.00. The molecule has 23 heavy (non-hydrogen) atoms. The van der Waals surface area contributed by atoms with Crippen molar-refractivity contribution in [1.29, 1.82) is 0 Å². The van der Waals surface area contributed by atoms with Crippen LogP contribution < -0.4 is 15.6 Å². The summed E-state index contributed by atoms with van der Waals surface area (Å²) < 4.78 is 5.30. The molecule has 0 saturated heterocycles. The molecule has 2 N–H and O–H groups in total. The first-order valence-corrected chi connectivity index (χ1v) is 7.55. The van der Waals surface area contributed by atoms with Gasteiger partial charge in [-0.15, -0.1) is 0 Å². The molecule has 2 amide bonds. The number of hydrogen-bond acceptors (Lipinski definition) is 3. The van der Waals surface area contributed by atoms with Gasteiger partial charge in [-0.25, -0.2) is 0 Å². The number of nitrogens with one attached hydrogen (secondary N) is 2. The zero-order valence-electron chi connectivity index (χ0n) is 12.6. The number of hydrazine groups is 1. The number of rotatable bonds is 5. The molecule has 1 aliphatic rings. The minimum Gasteiger partial charge on any atom is -0.484 e. The van der Waals surface area contributed by atoms with Gasteiger partial charge in [0.25, 0.3) is 5.91 Å². The SMILES string of the molecule is O=C(COc1ccccc1)NNC(=O)[C@@H]1C[C@H]1c1ccccc1. The van der Waals surface area contributed by atoms with Crippen LogP contribution in [0, 0.1) is 5.92 Å². The van der Waals surface area contributed by atoms with E-state index in [4.69, 9.17) is 4.74 Å². The molecule has 0 unspecified atom stereocenters. The highest BCUT2D eigenvalue weighted by Gasteiger charge is 2.43. The lowest BCUT2D eigenvalue weighted by Gasteiger charge is -2.08. The van der Waals surface area contributed by atoms with E-state index in [0.717, 1.165) is 12.0 Å². The van der Waals surface area contributed by atoms with Crippen molar-refractivity contribution < 1.29 is 14.3 Å². The van der Waals surface area contributed by atoms with E-state index in [1.54, 1.807) is 12.1 Å². The van der Waals surface area contributed by atoms with Gasteiger partial charge in [0.05, 0.1) is 0 Å². The molecule has 0 spiro atoms. The van der Waals surface area contributed by atoms with Crippen LogP contribution in [0.1, 0.15) is 17.9 Å². The number of hydrogen-bond donors (Lipinski definition) is 2. The number of para-hydroxylation sites is 1. The van der Waals surface area contributed by atoms with Crippen LogP contribution in [0.3, 0.4) is 0 Å². The Balaban J connectivity index is 1.39. The number of carbonyl (C=O) groups excluding carboxylic acids is 2. The van der Waals surface area contributed by atoms with Crippen molar-refractivity contribution in [3.8, 4) is 5.75 Å². The van der Waals surface area contributed by atoms with Gasteiger partial charge in [-0.05, 0) is 30.0 Å². The molecular formula is C18H18N2O3. The third-order valence-electron chi connectivity index (χ3n) is 3.79. The Morgan fingerprint density at radius 1 is 0.957 bits per heavy atom. The Labute approximate surface area is 134 Å². The fraction of sp³-hybridized carbons (Fsp3) is 0.222. The van der Waals surface area contributed by atoms with Crippen LogP contribution >= 0.6 is 0 Å². The maximum Gasteiger partial charge on any atom is 0.276 e. The normalized spacial score (nSPS) is 18.8. The topological polar surface area (TPSA) is 67.4 Å². The number of carbonyl (C=O) groups is 2. The lowest BCUT2D eigenvalue weighted by atomic mass is 10.1. The van der Waals surface area contributed by atoms with Gasteiger partial charge in [0, 0.05) is 5.92 Å². The Hall–Kier alpha value is -2.82. The molecule has 0 aromatic heterocycles. The molecule has 3 rings (SSSR count). The van der Waals surface area contributed by atoms with Crippen LogP contribution in [0.5, 0.6) is 5.75 Å². The molecule has 1 aliphatic carbocycles. The standard InChI is InChI=1S/C18H18N2O3/c21-17(12-23-14-9-5-2-6-10-14)19-20-18(22)16-11-15(16)13-7-3-1-4-8-13/h1-10,15-16H,11-12H2,(H,19,21)(H,20,22)/t15-,16+/m0/s1. The van der Waals surface area contributed by atoms with Crippen LogP contribution in [0.4, 0.5) is 0 Å². The Morgan fingerprint density at radius 2 is 1.61 bits per heavy atom. The summed E-state index contributed by atoms with van der Waals surface area (Å²) in [6.07, 6.45) is 0.812. The summed E-state index contributed by atoms with van der Waals surface area (Å²) in [5, 5.41) is 0. The molecular weight excluding hydrogens is 292 g/mol. The van der Waals surface area contributed by atoms with E-state index in [1.807, 2.05) is 48.5 Å². The largest absolute Gasteiger partial charge is 0.484 e. The van der Waals surface area contributed by atoms with Crippen LogP contribution in [0.2, 0.25) is 0 Å². The maximum atomic E-state index is 12.0. The average molecular weight is 310 g/mol. The highest BCUT2D eigenvalue weighted by atomic mass is 16.5. The third kappa shape index (κ3) is 4.10. The molecule has 2 atom stereocenters. The van der Waals surface area contributed by atoms with E-state index in [9.17, 15) is 9.59 Å². The van der Waals surface area contributed by atoms with Gasteiger partial charge in [-0.2, -0.15) is 0 Å². The van der Waals surface area contributed by atoms with Gasteiger partial charge in [-0.3, -0.25) is 20.4 Å². The van der Waals surface area contributed by atoms with Crippen LogP contribution in [0.15, 0.2) is 60.7 Å².